The second-order valence-corrected chi connectivity index (χ2v) is 9.28. The molecule has 0 spiro atoms. The van der Waals surface area contributed by atoms with E-state index < -0.39 is 13.2 Å². The summed E-state index contributed by atoms with van der Waals surface area (Å²) >= 11 is 0. The Bertz CT molecular complexity index is 1140. The van der Waals surface area contributed by atoms with E-state index in [9.17, 15) is 9.90 Å². The molecule has 2 N–H and O–H groups in total. The molecule has 1 amide bonds. The molecule has 2 aliphatic heterocycles. The van der Waals surface area contributed by atoms with Crippen molar-refractivity contribution >= 4 is 40.5 Å². The molecule has 2 saturated heterocycles. The highest BCUT2D eigenvalue weighted by molar-refractivity contribution is 6.62. The van der Waals surface area contributed by atoms with Crippen molar-refractivity contribution in [3.63, 3.8) is 0 Å². The van der Waals surface area contributed by atoms with Crippen LogP contribution in [0.2, 0.25) is 0 Å². The van der Waals surface area contributed by atoms with Crippen molar-refractivity contribution in [3.05, 3.63) is 36.2 Å². The zero-order valence-corrected chi connectivity index (χ0v) is 17.7. The van der Waals surface area contributed by atoms with Crippen LogP contribution in [-0.2, 0) is 9.31 Å². The van der Waals surface area contributed by atoms with Crippen LogP contribution >= 0.6 is 0 Å². The lowest BCUT2D eigenvalue weighted by molar-refractivity contribution is 0.00578. The number of rotatable bonds is 2. The van der Waals surface area contributed by atoms with Gasteiger partial charge in [-0.1, -0.05) is 24.3 Å². The Balaban J connectivity index is 1.52. The summed E-state index contributed by atoms with van der Waals surface area (Å²) in [6.45, 7) is 8.75. The number of aromatic amines is 1. The van der Waals surface area contributed by atoms with Gasteiger partial charge < -0.3 is 19.4 Å². The van der Waals surface area contributed by atoms with Gasteiger partial charge in [0, 0.05) is 11.9 Å². The van der Waals surface area contributed by atoms with Crippen molar-refractivity contribution in [2.24, 2.45) is 0 Å². The summed E-state index contributed by atoms with van der Waals surface area (Å²) in [5, 5.41) is 11.6. The number of amides is 1. The van der Waals surface area contributed by atoms with Gasteiger partial charge in [-0.05, 0) is 57.5 Å². The smallest absolute Gasteiger partial charge is 0.465 e. The van der Waals surface area contributed by atoms with Crippen LogP contribution in [0.15, 0.2) is 30.3 Å². The number of fused-ring (bicyclic) bond motifs is 3. The number of H-pyrrole nitrogens is 1. The van der Waals surface area contributed by atoms with Crippen LogP contribution in [0.3, 0.4) is 0 Å². The Labute approximate surface area is 175 Å². The van der Waals surface area contributed by atoms with Crippen molar-refractivity contribution in [2.75, 3.05) is 6.54 Å². The Hall–Kier alpha value is -2.58. The number of carboxylic acid groups (broad SMARTS) is 1. The van der Waals surface area contributed by atoms with Crippen molar-refractivity contribution in [1.29, 1.82) is 0 Å². The number of aromatic nitrogens is 2. The summed E-state index contributed by atoms with van der Waals surface area (Å²) in [4.78, 5) is 21.1. The summed E-state index contributed by atoms with van der Waals surface area (Å²) in [7, 11) is -0.407. The molecule has 2 aliphatic rings. The molecule has 2 fully saturated rings. The first-order valence-corrected chi connectivity index (χ1v) is 10.4. The van der Waals surface area contributed by atoms with Crippen LogP contribution in [0.25, 0.3) is 21.8 Å². The molecule has 0 saturated carbocycles. The highest BCUT2D eigenvalue weighted by Gasteiger charge is 2.51. The van der Waals surface area contributed by atoms with E-state index in [2.05, 4.69) is 17.1 Å². The van der Waals surface area contributed by atoms with E-state index >= 15 is 0 Å². The number of hydrogen-bond donors (Lipinski definition) is 2. The van der Waals surface area contributed by atoms with Crippen molar-refractivity contribution < 1.29 is 19.2 Å². The standard InChI is InChI=1S/C22H26BN3O4/c1-21(2)22(3,4)30-23(29-21)14-8-9-15-13(12-14)7-10-16-18(15)25-19(24-16)17-6-5-11-26(17)20(27)28/h7-10,12,17H,5-6,11H2,1-4H3,(H,24,25)(H,27,28). The van der Waals surface area contributed by atoms with E-state index in [0.717, 1.165) is 40.1 Å². The first-order valence-electron chi connectivity index (χ1n) is 10.4. The highest BCUT2D eigenvalue weighted by Crippen LogP contribution is 2.37. The van der Waals surface area contributed by atoms with Gasteiger partial charge in [0.25, 0.3) is 0 Å². The lowest BCUT2D eigenvalue weighted by atomic mass is 9.78. The van der Waals surface area contributed by atoms with Crippen LogP contribution in [0.1, 0.15) is 52.4 Å². The number of nitrogens with one attached hydrogen (secondary N) is 1. The molecular weight excluding hydrogens is 381 g/mol. The van der Waals surface area contributed by atoms with Crippen molar-refractivity contribution in [3.8, 4) is 0 Å². The molecule has 7 nitrogen and oxygen atoms in total. The molecule has 1 unspecified atom stereocenters. The lowest BCUT2D eigenvalue weighted by Crippen LogP contribution is -2.41. The summed E-state index contributed by atoms with van der Waals surface area (Å²) in [5.74, 6) is 0.715. The minimum absolute atomic E-state index is 0.214. The number of carbonyl (C=O) groups is 1. The lowest BCUT2D eigenvalue weighted by Gasteiger charge is -2.32. The molecule has 0 bridgehead atoms. The fourth-order valence-electron chi connectivity index (χ4n) is 4.41. The zero-order valence-electron chi connectivity index (χ0n) is 17.7. The zero-order chi connectivity index (χ0) is 21.3. The molecule has 1 aromatic heterocycles. The number of likely N-dealkylation sites (tertiary alicyclic amines) is 1. The van der Waals surface area contributed by atoms with Gasteiger partial charge >= 0.3 is 13.2 Å². The Morgan fingerprint density at radius 3 is 2.63 bits per heavy atom. The minimum atomic E-state index is -0.894. The molecule has 156 valence electrons. The van der Waals surface area contributed by atoms with Gasteiger partial charge in [0.1, 0.15) is 5.82 Å². The maximum absolute atomic E-state index is 11.5. The highest BCUT2D eigenvalue weighted by atomic mass is 16.7. The fourth-order valence-corrected chi connectivity index (χ4v) is 4.41. The quantitative estimate of drug-likeness (QED) is 0.631. The Morgan fingerprint density at radius 1 is 1.20 bits per heavy atom. The van der Waals surface area contributed by atoms with E-state index in [0.29, 0.717) is 12.4 Å². The molecule has 3 heterocycles. The largest absolute Gasteiger partial charge is 0.494 e. The van der Waals surface area contributed by atoms with Gasteiger partial charge in [0.2, 0.25) is 0 Å². The normalized spacial score (nSPS) is 23.0. The molecule has 0 aliphatic carbocycles. The van der Waals surface area contributed by atoms with Crippen LogP contribution in [0.5, 0.6) is 0 Å². The molecule has 30 heavy (non-hydrogen) atoms. The third kappa shape index (κ3) is 2.89. The molecule has 1 atom stereocenters. The predicted octanol–water partition coefficient (Wildman–Crippen LogP) is 3.83. The Morgan fingerprint density at radius 2 is 1.93 bits per heavy atom. The first-order chi connectivity index (χ1) is 14.2. The van der Waals surface area contributed by atoms with Crippen molar-refractivity contribution in [2.45, 2.75) is 57.8 Å². The monoisotopic (exact) mass is 407 g/mol. The van der Waals surface area contributed by atoms with Crippen LogP contribution < -0.4 is 5.46 Å². The maximum atomic E-state index is 11.5. The molecule has 2 aromatic carbocycles. The van der Waals surface area contributed by atoms with E-state index in [1.807, 2.05) is 45.9 Å². The van der Waals surface area contributed by atoms with Gasteiger partial charge in [-0.3, -0.25) is 4.90 Å². The minimum Gasteiger partial charge on any atom is -0.465 e. The van der Waals surface area contributed by atoms with E-state index in [-0.39, 0.29) is 17.2 Å². The summed E-state index contributed by atoms with van der Waals surface area (Å²) in [6, 6.07) is 9.99. The van der Waals surface area contributed by atoms with Gasteiger partial charge in [0.05, 0.1) is 28.3 Å². The number of imidazole rings is 1. The first kappa shape index (κ1) is 19.4. The predicted molar refractivity (Wildman–Crippen MR) is 116 cm³/mol. The topological polar surface area (TPSA) is 87.7 Å². The third-order valence-electron chi connectivity index (χ3n) is 6.86. The second kappa shape index (κ2) is 6.46. The van der Waals surface area contributed by atoms with E-state index in [1.54, 1.807) is 0 Å². The summed E-state index contributed by atoms with van der Waals surface area (Å²) in [6.07, 6.45) is 0.748. The van der Waals surface area contributed by atoms with Crippen LogP contribution in [0.4, 0.5) is 4.79 Å². The van der Waals surface area contributed by atoms with E-state index in [1.165, 1.54) is 4.90 Å². The average Bonchev–Trinajstić information content (AvgIpc) is 3.37. The summed E-state index contributed by atoms with van der Waals surface area (Å²) < 4.78 is 12.4. The molecule has 8 heteroatoms. The average molecular weight is 407 g/mol. The van der Waals surface area contributed by atoms with Gasteiger partial charge in [-0.25, -0.2) is 9.78 Å². The number of hydrogen-bond acceptors (Lipinski definition) is 4. The van der Waals surface area contributed by atoms with Crippen LogP contribution in [-0.4, -0.2) is 50.9 Å². The molecule has 3 aromatic rings. The van der Waals surface area contributed by atoms with Gasteiger partial charge in [0.15, 0.2) is 0 Å². The second-order valence-electron chi connectivity index (χ2n) is 9.28. The van der Waals surface area contributed by atoms with E-state index in [4.69, 9.17) is 14.3 Å². The molecular formula is C22H26BN3O4. The SMILES string of the molecule is CC1(C)OB(c2ccc3c(ccc4nc(C5CCCN5C(=O)O)[nH]c43)c2)OC1(C)C. The fraction of sp³-hybridized carbons (Fsp3) is 0.455. The third-order valence-corrected chi connectivity index (χ3v) is 6.86. The van der Waals surface area contributed by atoms with Gasteiger partial charge in [-0.15, -0.1) is 0 Å². The number of nitrogens with zero attached hydrogens (tertiary/aromatic N) is 2. The number of benzene rings is 2. The molecule has 0 radical (unpaired) electrons. The molecule has 5 rings (SSSR count). The van der Waals surface area contributed by atoms with Crippen molar-refractivity contribution in [1.82, 2.24) is 14.9 Å². The Kier molecular flexibility index (Phi) is 4.18. The summed E-state index contributed by atoms with van der Waals surface area (Å²) in [5.41, 5.74) is 1.99. The maximum Gasteiger partial charge on any atom is 0.494 e. The van der Waals surface area contributed by atoms with Crippen LogP contribution in [0, 0.1) is 0 Å². The van der Waals surface area contributed by atoms with Gasteiger partial charge in [-0.2, -0.15) is 0 Å².